The normalized spacial score (nSPS) is 12.5. The predicted molar refractivity (Wildman–Crippen MR) is 66.1 cm³/mol. The second-order valence-electron chi connectivity index (χ2n) is 3.57. The van der Waals surface area contributed by atoms with E-state index in [9.17, 15) is 14.4 Å². The van der Waals surface area contributed by atoms with Crippen molar-refractivity contribution in [2.75, 3.05) is 0 Å². The summed E-state index contributed by atoms with van der Waals surface area (Å²) in [4.78, 5) is 33.8. The number of halogens is 1. The van der Waals surface area contributed by atoms with Crippen molar-refractivity contribution in [3.8, 4) is 0 Å². The van der Waals surface area contributed by atoms with Gasteiger partial charge in [0, 0.05) is 0 Å². The molecule has 0 spiro atoms. The zero-order valence-corrected chi connectivity index (χ0v) is 12.7. The molecule has 5 nitrogen and oxygen atoms in total. The Morgan fingerprint density at radius 1 is 1.32 bits per heavy atom. The molecule has 1 atom stereocenters. The van der Waals surface area contributed by atoms with Gasteiger partial charge in [0.25, 0.3) is 0 Å². The Bertz CT molecular complexity index is 482. The van der Waals surface area contributed by atoms with E-state index in [1.807, 2.05) is 0 Å². The molecule has 0 aliphatic heterocycles. The monoisotopic (exact) mass is 397 g/mol. The van der Waals surface area contributed by atoms with Crippen LogP contribution in [0.3, 0.4) is 0 Å². The van der Waals surface area contributed by atoms with Crippen LogP contribution in [0.5, 0.6) is 0 Å². The Kier molecular flexibility index (Phi) is 6.15. The summed E-state index contributed by atoms with van der Waals surface area (Å²) in [6, 6.07) is 8.48. The number of hydrogen-bond acceptors (Lipinski definition) is 5. The third-order valence-electron chi connectivity index (χ3n) is 2.18. The maximum atomic E-state index is 11.9. The SMILES string of the molecule is [3H][I-]SC(=O)[C@@H](OC(=O)CCC(=O)O)c1ccccc1. The first kappa shape index (κ1) is 14.3. The number of esters is 1. The average Bonchev–Trinajstić information content (AvgIpc) is 2.43. The van der Waals surface area contributed by atoms with E-state index in [2.05, 4.69) is 0 Å². The van der Waals surface area contributed by atoms with Crippen molar-refractivity contribution in [3.05, 3.63) is 35.9 Å². The average molecular weight is 397 g/mol. The van der Waals surface area contributed by atoms with Crippen molar-refractivity contribution >= 4 is 26.0 Å². The summed E-state index contributed by atoms with van der Waals surface area (Å²) < 4.78 is 12.2. The number of carbonyl (C=O) groups excluding carboxylic acids is 2. The van der Waals surface area contributed by atoms with Crippen LogP contribution in [0.4, 0.5) is 0 Å². The van der Waals surface area contributed by atoms with Crippen LogP contribution in [0.2, 0.25) is 0 Å². The number of benzene rings is 1. The first-order chi connectivity index (χ1) is 9.54. The molecule has 19 heavy (non-hydrogen) atoms. The van der Waals surface area contributed by atoms with Gasteiger partial charge in [0.2, 0.25) is 0 Å². The molecule has 0 saturated carbocycles. The van der Waals surface area contributed by atoms with Crippen LogP contribution in [0, 0.1) is 0 Å². The Balaban J connectivity index is 2.76. The third kappa shape index (κ3) is 5.60. The molecule has 0 aliphatic carbocycles. The number of rotatable bonds is 7. The van der Waals surface area contributed by atoms with Gasteiger partial charge in [-0.2, -0.15) is 0 Å². The van der Waals surface area contributed by atoms with Gasteiger partial charge >= 0.3 is 127 Å². The number of carboxylic acids is 1. The van der Waals surface area contributed by atoms with Crippen LogP contribution in [-0.4, -0.2) is 22.8 Å². The van der Waals surface area contributed by atoms with Gasteiger partial charge in [-0.05, 0) is 0 Å². The summed E-state index contributed by atoms with van der Waals surface area (Å²) in [5.41, 5.74) is 0.520. The first-order valence-electron chi connectivity index (χ1n) is 5.71. The second-order valence-corrected chi connectivity index (χ2v) is 5.45. The molecule has 0 bridgehead atoms. The summed E-state index contributed by atoms with van der Waals surface area (Å²) in [5.74, 6) is -1.84. The quantitative estimate of drug-likeness (QED) is 0.450. The van der Waals surface area contributed by atoms with E-state index in [4.69, 9.17) is 10.4 Å². The Morgan fingerprint density at radius 3 is 2.58 bits per heavy atom. The molecule has 0 saturated heterocycles. The molecule has 0 amide bonds. The Hall–Kier alpha value is -1.09. The van der Waals surface area contributed by atoms with Crippen LogP contribution >= 0.6 is 8.93 Å². The first-order valence-corrected chi connectivity index (χ1v) is 8.69. The van der Waals surface area contributed by atoms with E-state index in [0.717, 1.165) is 8.93 Å². The molecule has 1 rings (SSSR count). The van der Waals surface area contributed by atoms with E-state index < -0.39 is 44.2 Å². The van der Waals surface area contributed by atoms with Gasteiger partial charge < -0.3 is 0 Å². The number of ether oxygens (including phenoxy) is 1. The molecule has 1 aromatic carbocycles. The topological polar surface area (TPSA) is 80.7 Å². The van der Waals surface area contributed by atoms with Crippen molar-refractivity contribution in [1.82, 2.24) is 0 Å². The molecular formula is C12H12IO5S-. The zero-order valence-electron chi connectivity index (χ0n) is 10.7. The third-order valence-corrected chi connectivity index (χ3v) is 3.85. The van der Waals surface area contributed by atoms with Crippen LogP contribution in [0.1, 0.15) is 24.5 Å². The van der Waals surface area contributed by atoms with Gasteiger partial charge in [0.05, 0.1) is 0 Å². The molecule has 0 unspecified atom stereocenters. The summed E-state index contributed by atoms with van der Waals surface area (Å²) in [5, 5.41) is 8.11. The van der Waals surface area contributed by atoms with Crippen LogP contribution in [0.15, 0.2) is 30.3 Å². The Labute approximate surface area is 126 Å². The van der Waals surface area contributed by atoms with Crippen LogP contribution in [-0.2, 0) is 19.1 Å². The van der Waals surface area contributed by atoms with Gasteiger partial charge in [-0.15, -0.1) is 0 Å². The van der Waals surface area contributed by atoms with Gasteiger partial charge in [-0.3, -0.25) is 0 Å². The second kappa shape index (κ2) is 8.16. The Morgan fingerprint density at radius 2 is 2.00 bits per heavy atom. The molecule has 1 N–H and O–H groups in total. The fourth-order valence-corrected chi connectivity index (χ4v) is 2.28. The number of carbonyl (C=O) groups is 3. The van der Waals surface area contributed by atoms with Gasteiger partial charge in [-0.1, -0.05) is 0 Å². The van der Waals surface area contributed by atoms with Crippen molar-refractivity contribution < 1.29 is 45.2 Å². The molecule has 0 heterocycles. The van der Waals surface area contributed by atoms with Crippen molar-refractivity contribution in [2.24, 2.45) is 0 Å². The van der Waals surface area contributed by atoms with Gasteiger partial charge in [0.1, 0.15) is 0 Å². The van der Waals surface area contributed by atoms with Gasteiger partial charge in [-0.25, -0.2) is 0 Å². The number of carboxylic acid groups (broad SMARTS) is 1. The maximum absolute atomic E-state index is 11.9. The van der Waals surface area contributed by atoms with E-state index in [1.165, 1.54) is 0 Å². The van der Waals surface area contributed by atoms with Crippen molar-refractivity contribution in [1.29, 1.82) is 0.594 Å². The fourth-order valence-electron chi connectivity index (χ4n) is 1.32. The van der Waals surface area contributed by atoms with Crippen LogP contribution < -0.4 is 21.0 Å². The van der Waals surface area contributed by atoms with Crippen molar-refractivity contribution in [2.45, 2.75) is 18.9 Å². The molecule has 104 valence electrons. The summed E-state index contributed by atoms with van der Waals surface area (Å²) in [7, 11) is 0.845. The predicted octanol–water partition coefficient (Wildman–Crippen LogP) is -1.40. The number of aliphatic carboxylic acids is 1. The van der Waals surface area contributed by atoms with E-state index in [-0.39, 0.29) is 12.8 Å². The molecule has 0 fully saturated rings. The molecule has 0 aromatic heterocycles. The molecule has 0 aliphatic rings. The molecule has 1 aromatic rings. The minimum atomic E-state index is -1.10. The summed E-state index contributed by atoms with van der Waals surface area (Å²) in [6.07, 6.45) is -1.70. The minimum absolute atomic E-state index is 0.285. The van der Waals surface area contributed by atoms with Crippen LogP contribution in [0.25, 0.3) is 0 Å². The summed E-state index contributed by atoms with van der Waals surface area (Å²) in [6.45, 7) is 0. The molecule has 7 heteroatoms. The molecular weight excluding hydrogens is 383 g/mol. The standard InChI is InChI=1S/C12H12IO5S/c13-19-12(17)11(8-4-2-1-3-5-8)18-10(16)7-6-9(14)15/h1-5,11,13H,6-7H2,(H,14,15)/q-1/t11-/m0/s1/i13T. The fraction of sp³-hybridized carbons (Fsp3) is 0.250. The van der Waals surface area contributed by atoms with E-state index in [1.54, 1.807) is 30.3 Å². The number of hydrogen-bond donors (Lipinski definition) is 1. The van der Waals surface area contributed by atoms with Crippen molar-refractivity contribution in [3.63, 3.8) is 0 Å². The van der Waals surface area contributed by atoms with E-state index in [0.29, 0.717) is 5.56 Å². The van der Waals surface area contributed by atoms with E-state index >= 15 is 0 Å². The molecule has 0 radical (unpaired) electrons. The zero-order chi connectivity index (χ0) is 15.0. The van der Waals surface area contributed by atoms with Gasteiger partial charge in [0.15, 0.2) is 0 Å². The summed E-state index contributed by atoms with van der Waals surface area (Å²) >= 11 is -1.07.